The molecule has 2 aliphatic heterocycles. The van der Waals surface area contributed by atoms with Crippen LogP contribution < -0.4 is 15.0 Å². The van der Waals surface area contributed by atoms with E-state index in [4.69, 9.17) is 4.74 Å². The number of likely N-dealkylation sites (N-methyl/N-ethyl adjacent to an activating group) is 1. The number of anilines is 1. The lowest BCUT2D eigenvalue weighted by Gasteiger charge is -2.15. The van der Waals surface area contributed by atoms with Gasteiger partial charge in [-0.3, -0.25) is 0 Å². The number of nitrogens with zero attached hydrogens (tertiary/aromatic N) is 1. The number of ether oxygens (including phenoxy) is 1. The summed E-state index contributed by atoms with van der Waals surface area (Å²) in [4.78, 5) is 2.30. The maximum Gasteiger partial charge on any atom is 0.124 e. The van der Waals surface area contributed by atoms with Gasteiger partial charge in [0.1, 0.15) is 5.75 Å². The lowest BCUT2D eigenvalue weighted by Crippen LogP contribution is -2.15. The zero-order valence-corrected chi connectivity index (χ0v) is 10.4. The van der Waals surface area contributed by atoms with E-state index in [2.05, 4.69) is 35.5 Å². The van der Waals surface area contributed by atoms with Gasteiger partial charge in [0.2, 0.25) is 0 Å². The lowest BCUT2D eigenvalue weighted by molar-refractivity contribution is 0.258. The summed E-state index contributed by atoms with van der Waals surface area (Å²) in [6.07, 6.45) is 2.36. The molecule has 1 atom stereocenters. The SMILES string of the molecule is CN1CCc2c(OCC3CCNC3)cccc21. The Morgan fingerprint density at radius 1 is 1.47 bits per heavy atom. The Balaban J connectivity index is 1.71. The smallest absolute Gasteiger partial charge is 0.124 e. The zero-order chi connectivity index (χ0) is 11.7. The normalized spacial score (nSPS) is 22.9. The summed E-state index contributed by atoms with van der Waals surface area (Å²) >= 11 is 0. The Labute approximate surface area is 103 Å². The Morgan fingerprint density at radius 2 is 2.41 bits per heavy atom. The number of nitrogens with one attached hydrogen (secondary N) is 1. The number of benzene rings is 1. The van der Waals surface area contributed by atoms with Crippen LogP contribution in [0.25, 0.3) is 0 Å². The van der Waals surface area contributed by atoms with Crippen molar-refractivity contribution in [2.45, 2.75) is 12.8 Å². The van der Waals surface area contributed by atoms with Crippen molar-refractivity contribution in [2.24, 2.45) is 5.92 Å². The molecule has 1 saturated heterocycles. The summed E-state index contributed by atoms with van der Waals surface area (Å²) in [6.45, 7) is 4.21. The highest BCUT2D eigenvalue weighted by Gasteiger charge is 2.21. The number of rotatable bonds is 3. The first kappa shape index (κ1) is 10.9. The molecule has 3 rings (SSSR count). The molecule has 3 heteroatoms. The van der Waals surface area contributed by atoms with E-state index in [-0.39, 0.29) is 0 Å². The third-order valence-corrected chi connectivity index (χ3v) is 3.85. The van der Waals surface area contributed by atoms with E-state index in [1.807, 2.05) is 0 Å². The average molecular weight is 232 g/mol. The summed E-state index contributed by atoms with van der Waals surface area (Å²) in [5, 5.41) is 3.38. The third kappa shape index (κ3) is 2.12. The van der Waals surface area contributed by atoms with E-state index < -0.39 is 0 Å². The van der Waals surface area contributed by atoms with Crippen molar-refractivity contribution in [1.29, 1.82) is 0 Å². The summed E-state index contributed by atoms with van der Waals surface area (Å²) in [6, 6.07) is 6.40. The van der Waals surface area contributed by atoms with Gasteiger partial charge in [0, 0.05) is 37.3 Å². The molecule has 2 aliphatic rings. The molecule has 1 unspecified atom stereocenters. The minimum atomic E-state index is 0.685. The predicted molar refractivity (Wildman–Crippen MR) is 69.9 cm³/mol. The predicted octanol–water partition coefficient (Wildman–Crippen LogP) is 1.67. The van der Waals surface area contributed by atoms with Crippen LogP contribution >= 0.6 is 0 Å². The van der Waals surface area contributed by atoms with Gasteiger partial charge in [0.05, 0.1) is 6.61 Å². The lowest BCUT2D eigenvalue weighted by atomic mass is 10.1. The molecule has 2 heterocycles. The highest BCUT2D eigenvalue weighted by molar-refractivity contribution is 5.62. The highest BCUT2D eigenvalue weighted by atomic mass is 16.5. The summed E-state index contributed by atoms with van der Waals surface area (Å²) in [5.74, 6) is 1.78. The number of hydrogen-bond donors (Lipinski definition) is 1. The van der Waals surface area contributed by atoms with Crippen molar-refractivity contribution in [2.75, 3.05) is 38.2 Å². The van der Waals surface area contributed by atoms with Crippen LogP contribution in [0.2, 0.25) is 0 Å². The van der Waals surface area contributed by atoms with Crippen LogP contribution in [0.3, 0.4) is 0 Å². The second-order valence-corrected chi connectivity index (χ2v) is 5.10. The first-order valence-electron chi connectivity index (χ1n) is 6.51. The average Bonchev–Trinajstić information content (AvgIpc) is 2.97. The third-order valence-electron chi connectivity index (χ3n) is 3.85. The molecule has 0 saturated carbocycles. The highest BCUT2D eigenvalue weighted by Crippen LogP contribution is 2.34. The van der Waals surface area contributed by atoms with Crippen LogP contribution in [0, 0.1) is 5.92 Å². The Bertz CT molecular complexity index is 399. The molecule has 3 nitrogen and oxygen atoms in total. The van der Waals surface area contributed by atoms with Crippen molar-refractivity contribution >= 4 is 5.69 Å². The monoisotopic (exact) mass is 232 g/mol. The van der Waals surface area contributed by atoms with Crippen molar-refractivity contribution in [3.63, 3.8) is 0 Å². The molecule has 0 aromatic heterocycles. The van der Waals surface area contributed by atoms with E-state index in [0.717, 1.165) is 38.4 Å². The molecule has 92 valence electrons. The van der Waals surface area contributed by atoms with E-state index in [9.17, 15) is 0 Å². The molecule has 0 amide bonds. The van der Waals surface area contributed by atoms with E-state index in [1.165, 1.54) is 17.7 Å². The van der Waals surface area contributed by atoms with Crippen LogP contribution in [-0.2, 0) is 6.42 Å². The summed E-state index contributed by atoms with van der Waals surface area (Å²) < 4.78 is 6.01. The first-order valence-corrected chi connectivity index (χ1v) is 6.51. The van der Waals surface area contributed by atoms with Gasteiger partial charge in [-0.1, -0.05) is 6.07 Å². The fraction of sp³-hybridized carbons (Fsp3) is 0.571. The van der Waals surface area contributed by atoms with E-state index in [1.54, 1.807) is 0 Å². The largest absolute Gasteiger partial charge is 0.493 e. The van der Waals surface area contributed by atoms with Gasteiger partial charge in [-0.15, -0.1) is 0 Å². The van der Waals surface area contributed by atoms with E-state index in [0.29, 0.717) is 5.92 Å². The van der Waals surface area contributed by atoms with Gasteiger partial charge in [0.15, 0.2) is 0 Å². The van der Waals surface area contributed by atoms with Gasteiger partial charge in [-0.05, 0) is 31.5 Å². The number of hydrogen-bond acceptors (Lipinski definition) is 3. The second-order valence-electron chi connectivity index (χ2n) is 5.10. The molecule has 0 bridgehead atoms. The summed E-state index contributed by atoms with van der Waals surface area (Å²) in [5.41, 5.74) is 2.73. The molecule has 0 aliphatic carbocycles. The standard InChI is InChI=1S/C14H20N2O/c1-16-8-6-12-13(16)3-2-4-14(12)17-10-11-5-7-15-9-11/h2-4,11,15H,5-10H2,1H3. The Morgan fingerprint density at radius 3 is 3.24 bits per heavy atom. The molecular weight excluding hydrogens is 212 g/mol. The molecular formula is C14H20N2O. The minimum Gasteiger partial charge on any atom is -0.493 e. The molecule has 1 aromatic rings. The minimum absolute atomic E-state index is 0.685. The number of fused-ring (bicyclic) bond motifs is 1. The van der Waals surface area contributed by atoms with Gasteiger partial charge in [0.25, 0.3) is 0 Å². The van der Waals surface area contributed by atoms with E-state index >= 15 is 0 Å². The van der Waals surface area contributed by atoms with Gasteiger partial charge in [-0.2, -0.15) is 0 Å². The molecule has 0 radical (unpaired) electrons. The van der Waals surface area contributed by atoms with Gasteiger partial charge >= 0.3 is 0 Å². The fourth-order valence-corrected chi connectivity index (χ4v) is 2.76. The molecule has 1 aromatic carbocycles. The van der Waals surface area contributed by atoms with Crippen LogP contribution in [0.1, 0.15) is 12.0 Å². The van der Waals surface area contributed by atoms with Crippen LogP contribution in [0.4, 0.5) is 5.69 Å². The van der Waals surface area contributed by atoms with Crippen LogP contribution in [-0.4, -0.2) is 33.3 Å². The summed E-state index contributed by atoms with van der Waals surface area (Å²) in [7, 11) is 2.15. The molecule has 1 N–H and O–H groups in total. The molecule has 0 spiro atoms. The second kappa shape index (κ2) is 4.57. The van der Waals surface area contributed by atoms with Crippen LogP contribution in [0.5, 0.6) is 5.75 Å². The first-order chi connectivity index (χ1) is 8.34. The Hall–Kier alpha value is -1.22. The van der Waals surface area contributed by atoms with Gasteiger partial charge < -0.3 is 15.0 Å². The van der Waals surface area contributed by atoms with Crippen molar-refractivity contribution in [3.8, 4) is 5.75 Å². The zero-order valence-electron chi connectivity index (χ0n) is 10.4. The maximum atomic E-state index is 6.01. The van der Waals surface area contributed by atoms with Crippen LogP contribution in [0.15, 0.2) is 18.2 Å². The maximum absolute atomic E-state index is 6.01. The van der Waals surface area contributed by atoms with Crippen molar-refractivity contribution < 1.29 is 4.74 Å². The van der Waals surface area contributed by atoms with Crippen molar-refractivity contribution in [3.05, 3.63) is 23.8 Å². The Kier molecular flexibility index (Phi) is 2.93. The quantitative estimate of drug-likeness (QED) is 0.858. The molecule has 17 heavy (non-hydrogen) atoms. The van der Waals surface area contributed by atoms with Gasteiger partial charge in [-0.25, -0.2) is 0 Å². The topological polar surface area (TPSA) is 24.5 Å². The van der Waals surface area contributed by atoms with Crippen molar-refractivity contribution in [1.82, 2.24) is 5.32 Å². The fourth-order valence-electron chi connectivity index (χ4n) is 2.76. The molecule has 1 fully saturated rings.